The number of nitrogens with zero attached hydrogens (tertiary/aromatic N) is 5. The third-order valence-electron chi connectivity index (χ3n) is 4.20. The molecule has 2 N–H and O–H groups in total. The van der Waals surface area contributed by atoms with Crippen molar-refractivity contribution in [2.24, 2.45) is 12.0 Å². The zero-order valence-electron chi connectivity index (χ0n) is 16.4. The highest BCUT2D eigenvalue weighted by atomic mass is 15.3. The number of nitrogens with one attached hydrogen (secondary N) is 2. The number of hydrogen-bond acceptors (Lipinski definition) is 3. The lowest BCUT2D eigenvalue weighted by atomic mass is 10.1. The number of aromatic nitrogens is 4. The van der Waals surface area contributed by atoms with E-state index in [1.807, 2.05) is 43.2 Å². The van der Waals surface area contributed by atoms with E-state index in [1.165, 1.54) is 0 Å². The SMILES string of the molecule is CCNC(=NCc1cnn(C)c1)NCc1ccccc1-n1nc(C)cc1C. The highest BCUT2D eigenvalue weighted by Crippen LogP contribution is 2.16. The first-order valence-corrected chi connectivity index (χ1v) is 9.18. The summed E-state index contributed by atoms with van der Waals surface area (Å²) in [5.74, 6) is 0.782. The molecule has 7 heteroatoms. The van der Waals surface area contributed by atoms with Crippen LogP contribution in [0.5, 0.6) is 0 Å². The van der Waals surface area contributed by atoms with Crippen LogP contribution in [0.1, 0.15) is 29.4 Å². The summed E-state index contributed by atoms with van der Waals surface area (Å²) in [5.41, 5.74) is 5.46. The molecule has 2 heterocycles. The van der Waals surface area contributed by atoms with Crippen molar-refractivity contribution in [3.8, 4) is 5.69 Å². The Bertz CT molecular complexity index is 920. The Kier molecular flexibility index (Phi) is 5.90. The maximum absolute atomic E-state index is 4.65. The van der Waals surface area contributed by atoms with E-state index in [2.05, 4.69) is 57.9 Å². The molecule has 142 valence electrons. The molecule has 0 spiro atoms. The molecule has 3 aromatic rings. The molecule has 7 nitrogen and oxygen atoms in total. The van der Waals surface area contributed by atoms with E-state index >= 15 is 0 Å². The Morgan fingerprint density at radius 1 is 1.19 bits per heavy atom. The zero-order chi connectivity index (χ0) is 19.2. The van der Waals surface area contributed by atoms with Crippen LogP contribution in [0.3, 0.4) is 0 Å². The van der Waals surface area contributed by atoms with Crippen LogP contribution in [0.2, 0.25) is 0 Å². The van der Waals surface area contributed by atoms with Gasteiger partial charge in [0.25, 0.3) is 0 Å². The molecule has 1 aromatic carbocycles. The van der Waals surface area contributed by atoms with Crippen LogP contribution in [0.25, 0.3) is 5.69 Å². The predicted molar refractivity (Wildman–Crippen MR) is 108 cm³/mol. The summed E-state index contributed by atoms with van der Waals surface area (Å²) < 4.78 is 3.78. The summed E-state index contributed by atoms with van der Waals surface area (Å²) >= 11 is 0. The van der Waals surface area contributed by atoms with Gasteiger partial charge in [-0.25, -0.2) is 9.67 Å². The predicted octanol–water partition coefficient (Wildman–Crippen LogP) is 2.48. The van der Waals surface area contributed by atoms with Crippen LogP contribution < -0.4 is 10.6 Å². The van der Waals surface area contributed by atoms with E-state index < -0.39 is 0 Å². The summed E-state index contributed by atoms with van der Waals surface area (Å²) in [6.45, 7) is 8.20. The van der Waals surface area contributed by atoms with Gasteiger partial charge >= 0.3 is 0 Å². The van der Waals surface area contributed by atoms with Crippen molar-refractivity contribution in [3.05, 3.63) is 65.2 Å². The fraction of sp³-hybridized carbons (Fsp3) is 0.350. The van der Waals surface area contributed by atoms with Crippen molar-refractivity contribution in [2.75, 3.05) is 6.54 Å². The van der Waals surface area contributed by atoms with Crippen LogP contribution in [0.4, 0.5) is 0 Å². The van der Waals surface area contributed by atoms with Gasteiger partial charge in [0.05, 0.1) is 24.1 Å². The molecule has 0 amide bonds. The Balaban J connectivity index is 1.75. The molecule has 0 saturated carbocycles. The van der Waals surface area contributed by atoms with Crippen LogP contribution in [-0.4, -0.2) is 32.1 Å². The van der Waals surface area contributed by atoms with E-state index in [0.717, 1.165) is 40.7 Å². The third-order valence-corrected chi connectivity index (χ3v) is 4.20. The summed E-state index contributed by atoms with van der Waals surface area (Å²) in [4.78, 5) is 4.65. The molecule has 0 bridgehead atoms. The Labute approximate surface area is 160 Å². The normalized spacial score (nSPS) is 11.6. The summed E-state index contributed by atoms with van der Waals surface area (Å²) in [7, 11) is 1.91. The summed E-state index contributed by atoms with van der Waals surface area (Å²) in [6, 6.07) is 10.4. The average molecular weight is 365 g/mol. The smallest absolute Gasteiger partial charge is 0.191 e. The highest BCUT2D eigenvalue weighted by Gasteiger charge is 2.09. The lowest BCUT2D eigenvalue weighted by Gasteiger charge is -2.14. The minimum atomic E-state index is 0.586. The highest BCUT2D eigenvalue weighted by molar-refractivity contribution is 5.79. The maximum atomic E-state index is 4.65. The topological polar surface area (TPSA) is 72.1 Å². The monoisotopic (exact) mass is 365 g/mol. The molecule has 2 aromatic heterocycles. The molecule has 0 aliphatic heterocycles. The quantitative estimate of drug-likeness (QED) is 0.520. The molecular formula is C20H27N7. The largest absolute Gasteiger partial charge is 0.357 e. The maximum Gasteiger partial charge on any atom is 0.191 e. The Hall–Kier alpha value is -3.09. The van der Waals surface area contributed by atoms with Crippen molar-refractivity contribution in [1.29, 1.82) is 0 Å². The zero-order valence-corrected chi connectivity index (χ0v) is 16.4. The third kappa shape index (κ3) is 4.75. The van der Waals surface area contributed by atoms with Gasteiger partial charge in [-0.15, -0.1) is 0 Å². The van der Waals surface area contributed by atoms with Gasteiger partial charge in [0.2, 0.25) is 0 Å². The first-order chi connectivity index (χ1) is 13.1. The summed E-state index contributed by atoms with van der Waals surface area (Å²) in [5, 5.41) is 15.5. The fourth-order valence-electron chi connectivity index (χ4n) is 2.98. The van der Waals surface area contributed by atoms with Gasteiger partial charge < -0.3 is 10.6 Å². The van der Waals surface area contributed by atoms with Crippen LogP contribution in [-0.2, 0) is 20.1 Å². The van der Waals surface area contributed by atoms with E-state index in [0.29, 0.717) is 13.1 Å². The van der Waals surface area contributed by atoms with Crippen molar-refractivity contribution in [1.82, 2.24) is 30.2 Å². The van der Waals surface area contributed by atoms with Gasteiger partial charge in [-0.3, -0.25) is 4.68 Å². The van der Waals surface area contributed by atoms with Crippen LogP contribution in [0.15, 0.2) is 47.7 Å². The van der Waals surface area contributed by atoms with E-state index in [4.69, 9.17) is 0 Å². The molecule has 3 rings (SSSR count). The molecule has 27 heavy (non-hydrogen) atoms. The average Bonchev–Trinajstić information content (AvgIpc) is 3.22. The minimum Gasteiger partial charge on any atom is -0.357 e. The van der Waals surface area contributed by atoms with Gasteiger partial charge in [0, 0.05) is 37.6 Å². The van der Waals surface area contributed by atoms with Gasteiger partial charge in [-0.05, 0) is 38.5 Å². The van der Waals surface area contributed by atoms with Crippen LogP contribution in [0, 0.1) is 13.8 Å². The van der Waals surface area contributed by atoms with Crippen molar-refractivity contribution in [3.63, 3.8) is 0 Å². The number of hydrogen-bond donors (Lipinski definition) is 2. The number of benzene rings is 1. The fourth-order valence-corrected chi connectivity index (χ4v) is 2.98. The van der Waals surface area contributed by atoms with Gasteiger partial charge in [0.1, 0.15) is 0 Å². The number of guanidine groups is 1. The molecule has 0 fully saturated rings. The number of aliphatic imine (C=N–C) groups is 1. The second-order valence-electron chi connectivity index (χ2n) is 6.54. The van der Waals surface area contributed by atoms with Gasteiger partial charge in [-0.2, -0.15) is 10.2 Å². The summed E-state index contributed by atoms with van der Waals surface area (Å²) in [6.07, 6.45) is 3.82. The lowest BCUT2D eigenvalue weighted by molar-refractivity contribution is 0.766. The van der Waals surface area contributed by atoms with Crippen molar-refractivity contribution < 1.29 is 0 Å². The number of para-hydroxylation sites is 1. The first-order valence-electron chi connectivity index (χ1n) is 9.18. The number of aryl methyl sites for hydroxylation is 3. The molecule has 0 saturated heterocycles. The van der Waals surface area contributed by atoms with E-state index in [9.17, 15) is 0 Å². The van der Waals surface area contributed by atoms with E-state index in [-0.39, 0.29) is 0 Å². The number of rotatable bonds is 6. The minimum absolute atomic E-state index is 0.586. The molecule has 0 unspecified atom stereocenters. The standard InChI is InChI=1S/C20H27N7/c1-5-21-20(22-11-17-12-24-26(4)14-17)23-13-18-8-6-7-9-19(18)27-16(3)10-15(2)25-27/h6-10,12,14H,5,11,13H2,1-4H3,(H2,21,22,23). The molecule has 0 aliphatic carbocycles. The Morgan fingerprint density at radius 3 is 2.67 bits per heavy atom. The lowest BCUT2D eigenvalue weighted by Crippen LogP contribution is -2.37. The molecular weight excluding hydrogens is 338 g/mol. The van der Waals surface area contributed by atoms with Gasteiger partial charge in [-0.1, -0.05) is 18.2 Å². The second-order valence-corrected chi connectivity index (χ2v) is 6.54. The molecule has 0 radical (unpaired) electrons. The Morgan fingerprint density at radius 2 is 2.00 bits per heavy atom. The molecule has 0 atom stereocenters. The van der Waals surface area contributed by atoms with E-state index in [1.54, 1.807) is 4.68 Å². The van der Waals surface area contributed by atoms with Crippen molar-refractivity contribution in [2.45, 2.75) is 33.9 Å². The first kappa shape index (κ1) is 18.7. The molecule has 0 aliphatic rings. The second kappa shape index (κ2) is 8.53. The van der Waals surface area contributed by atoms with Gasteiger partial charge in [0.15, 0.2) is 5.96 Å². The van der Waals surface area contributed by atoms with Crippen LogP contribution >= 0.6 is 0 Å². The van der Waals surface area contributed by atoms with Crippen molar-refractivity contribution >= 4 is 5.96 Å².